The van der Waals surface area contributed by atoms with E-state index in [1.165, 1.54) is 34.2 Å². The minimum atomic E-state index is 0.453. The third kappa shape index (κ3) is 1.76. The second kappa shape index (κ2) is 4.63. The van der Waals surface area contributed by atoms with E-state index in [-0.39, 0.29) is 0 Å². The Morgan fingerprint density at radius 3 is 2.92 bits per heavy atom. The van der Waals surface area contributed by atoms with Crippen LogP contribution in [0.15, 0.2) is 36.7 Å². The van der Waals surface area contributed by atoms with Gasteiger partial charge in [-0.05, 0) is 42.7 Å². The van der Waals surface area contributed by atoms with Crippen LogP contribution >= 0.6 is 11.3 Å². The van der Waals surface area contributed by atoms with Gasteiger partial charge in [-0.25, -0.2) is 14.5 Å². The van der Waals surface area contributed by atoms with Crippen molar-refractivity contribution in [3.8, 4) is 0 Å². The zero-order valence-electron chi connectivity index (χ0n) is 13.1. The van der Waals surface area contributed by atoms with E-state index in [0.29, 0.717) is 11.8 Å². The van der Waals surface area contributed by atoms with Crippen LogP contribution in [0.2, 0.25) is 0 Å². The lowest BCUT2D eigenvalue weighted by Gasteiger charge is -1.96. The zero-order valence-corrected chi connectivity index (χ0v) is 14.0. The lowest BCUT2D eigenvalue weighted by Crippen LogP contribution is -1.91. The molecule has 0 radical (unpaired) electrons. The van der Waals surface area contributed by atoms with Gasteiger partial charge in [0, 0.05) is 10.8 Å². The summed E-state index contributed by atoms with van der Waals surface area (Å²) < 4.78 is 1.89. The summed E-state index contributed by atoms with van der Waals surface area (Å²) in [4.78, 5) is 12.2. The number of nitrogens with zero attached hydrogens (tertiary/aromatic N) is 4. The van der Waals surface area contributed by atoms with E-state index in [1.807, 2.05) is 22.2 Å². The van der Waals surface area contributed by atoms with Crippen LogP contribution in [-0.4, -0.2) is 19.6 Å². The molecule has 6 rings (SSSR count). The highest BCUT2D eigenvalue weighted by atomic mass is 32.1. The lowest BCUT2D eigenvalue weighted by molar-refractivity contribution is 0.850. The number of hydrogen-bond acceptors (Lipinski definition) is 4. The molecule has 0 N–H and O–H groups in total. The molecule has 118 valence electrons. The molecule has 0 bridgehead atoms. The van der Waals surface area contributed by atoms with Gasteiger partial charge in [-0.2, -0.15) is 0 Å². The molecule has 5 heteroatoms. The van der Waals surface area contributed by atoms with Gasteiger partial charge in [-0.15, -0.1) is 16.4 Å². The molecule has 2 unspecified atom stereocenters. The van der Waals surface area contributed by atoms with E-state index in [0.717, 1.165) is 29.1 Å². The minimum Gasteiger partial charge on any atom is -0.225 e. The van der Waals surface area contributed by atoms with Crippen molar-refractivity contribution in [2.45, 2.75) is 37.5 Å². The topological polar surface area (TPSA) is 43.1 Å². The Balaban J connectivity index is 1.47. The largest absolute Gasteiger partial charge is 0.225 e. The minimum absolute atomic E-state index is 0.453. The van der Waals surface area contributed by atoms with Crippen LogP contribution in [0.3, 0.4) is 0 Å². The quantitative estimate of drug-likeness (QED) is 0.555. The van der Waals surface area contributed by atoms with Crippen LogP contribution < -0.4 is 0 Å². The van der Waals surface area contributed by atoms with Crippen LogP contribution in [0.1, 0.15) is 46.5 Å². The first-order valence-electron chi connectivity index (χ1n) is 8.59. The maximum Gasteiger partial charge on any atom is 0.167 e. The molecule has 0 spiro atoms. The molecule has 2 aliphatic carbocycles. The monoisotopic (exact) mass is 332 g/mol. The average molecular weight is 332 g/mol. The van der Waals surface area contributed by atoms with E-state index in [1.54, 1.807) is 0 Å². The van der Waals surface area contributed by atoms with Crippen molar-refractivity contribution >= 4 is 27.2 Å². The van der Waals surface area contributed by atoms with Crippen molar-refractivity contribution in [2.24, 2.45) is 0 Å². The number of hydrogen-bond donors (Lipinski definition) is 0. The Morgan fingerprint density at radius 2 is 2.00 bits per heavy atom. The number of thiophene rings is 1. The molecule has 3 heterocycles. The Morgan fingerprint density at radius 1 is 1.08 bits per heavy atom. The first-order chi connectivity index (χ1) is 11.9. The van der Waals surface area contributed by atoms with Gasteiger partial charge in [0.2, 0.25) is 0 Å². The molecule has 0 amide bonds. The van der Waals surface area contributed by atoms with Gasteiger partial charge in [-0.1, -0.05) is 30.3 Å². The third-order valence-corrected chi connectivity index (χ3v) is 6.61. The number of aryl methyl sites for hydroxylation is 2. The normalized spacial score (nSPS) is 22.3. The van der Waals surface area contributed by atoms with E-state index < -0.39 is 0 Å². The van der Waals surface area contributed by atoms with Gasteiger partial charge in [-0.3, -0.25) is 0 Å². The van der Waals surface area contributed by atoms with E-state index >= 15 is 0 Å². The number of rotatable bonds is 2. The molecule has 3 aromatic heterocycles. The van der Waals surface area contributed by atoms with Crippen LogP contribution in [0.25, 0.3) is 15.9 Å². The summed E-state index contributed by atoms with van der Waals surface area (Å²) in [6, 6.07) is 10.7. The number of benzene rings is 1. The molecule has 2 aliphatic rings. The van der Waals surface area contributed by atoms with Crippen molar-refractivity contribution in [1.82, 2.24) is 19.6 Å². The Bertz CT molecular complexity index is 1080. The van der Waals surface area contributed by atoms with Crippen molar-refractivity contribution < 1.29 is 0 Å². The summed E-state index contributed by atoms with van der Waals surface area (Å²) in [5.74, 6) is 2.00. The summed E-state index contributed by atoms with van der Waals surface area (Å²) in [6.45, 7) is 0. The predicted molar refractivity (Wildman–Crippen MR) is 94.7 cm³/mol. The zero-order chi connectivity index (χ0) is 15.7. The van der Waals surface area contributed by atoms with Crippen molar-refractivity contribution in [2.75, 3.05) is 0 Å². The molecule has 1 saturated carbocycles. The Kier molecular flexibility index (Phi) is 2.52. The number of fused-ring (bicyclic) bond motifs is 5. The molecule has 1 aromatic carbocycles. The van der Waals surface area contributed by atoms with Crippen LogP contribution in [-0.2, 0) is 12.8 Å². The summed E-state index contributed by atoms with van der Waals surface area (Å²) in [5, 5.41) is 6.01. The molecular weight excluding hydrogens is 316 g/mol. The van der Waals surface area contributed by atoms with Gasteiger partial charge >= 0.3 is 0 Å². The summed E-state index contributed by atoms with van der Waals surface area (Å²) >= 11 is 1.84. The van der Waals surface area contributed by atoms with Gasteiger partial charge in [0.1, 0.15) is 11.2 Å². The van der Waals surface area contributed by atoms with Crippen LogP contribution in [0.4, 0.5) is 0 Å². The first kappa shape index (κ1) is 13.1. The fraction of sp³-hybridized carbons (Fsp3) is 0.316. The molecular formula is C19H16N4S. The maximum atomic E-state index is 4.95. The van der Waals surface area contributed by atoms with Crippen molar-refractivity contribution in [3.63, 3.8) is 0 Å². The van der Waals surface area contributed by atoms with Gasteiger partial charge in [0.25, 0.3) is 0 Å². The highest BCUT2D eigenvalue weighted by Gasteiger charge is 2.42. The highest BCUT2D eigenvalue weighted by Crippen LogP contribution is 2.53. The van der Waals surface area contributed by atoms with Crippen molar-refractivity contribution in [3.05, 3.63) is 58.5 Å². The van der Waals surface area contributed by atoms with E-state index in [2.05, 4.69) is 35.3 Å². The smallest absolute Gasteiger partial charge is 0.167 e. The summed E-state index contributed by atoms with van der Waals surface area (Å²) in [7, 11) is 0. The highest BCUT2D eigenvalue weighted by molar-refractivity contribution is 7.19. The molecule has 0 aliphatic heterocycles. The van der Waals surface area contributed by atoms with Crippen LogP contribution in [0.5, 0.6) is 0 Å². The van der Waals surface area contributed by atoms with Gasteiger partial charge in [0.15, 0.2) is 11.5 Å². The average Bonchev–Trinajstić information content (AvgIpc) is 2.93. The Labute approximate surface area is 143 Å². The van der Waals surface area contributed by atoms with E-state index in [4.69, 9.17) is 10.1 Å². The fourth-order valence-corrected chi connectivity index (χ4v) is 5.34. The van der Waals surface area contributed by atoms with Crippen LogP contribution in [0, 0.1) is 0 Å². The Hall–Kier alpha value is -2.27. The molecule has 24 heavy (non-hydrogen) atoms. The maximum absolute atomic E-state index is 4.95. The molecule has 2 atom stereocenters. The summed E-state index contributed by atoms with van der Waals surface area (Å²) in [5.41, 5.74) is 3.89. The summed E-state index contributed by atoms with van der Waals surface area (Å²) in [6.07, 6.45) is 6.61. The SMILES string of the molecule is c1ccc(C2CC2c2nc3c4c5c(sc4ncn3n2)CCC5)cc1. The second-order valence-corrected chi connectivity index (χ2v) is 7.96. The predicted octanol–water partition coefficient (Wildman–Crippen LogP) is 4.10. The number of aromatic nitrogens is 4. The third-order valence-electron chi connectivity index (χ3n) is 5.41. The first-order valence-corrected chi connectivity index (χ1v) is 9.40. The lowest BCUT2D eigenvalue weighted by atomic mass is 10.1. The molecule has 4 nitrogen and oxygen atoms in total. The molecule has 4 aromatic rings. The van der Waals surface area contributed by atoms with E-state index in [9.17, 15) is 0 Å². The molecule has 1 fully saturated rings. The van der Waals surface area contributed by atoms with Gasteiger partial charge in [0.05, 0.1) is 5.39 Å². The second-order valence-electron chi connectivity index (χ2n) is 6.88. The molecule has 0 saturated heterocycles. The standard InChI is InChI=1S/C19H16N4S/c1-2-5-11(6-3-1)13-9-14(13)17-21-18-16-12-7-4-8-15(12)24-19(16)20-10-23(18)22-17/h1-3,5-6,10,13-14H,4,7-9H2. The van der Waals surface area contributed by atoms with Crippen molar-refractivity contribution in [1.29, 1.82) is 0 Å². The van der Waals surface area contributed by atoms with Gasteiger partial charge < -0.3 is 0 Å². The fourth-order valence-electron chi connectivity index (χ4n) is 4.12.